The molecule has 0 fully saturated rings. The van der Waals surface area contributed by atoms with Gasteiger partial charge in [0.25, 0.3) is 0 Å². The van der Waals surface area contributed by atoms with E-state index >= 15 is 0 Å². The number of hydrogen-bond acceptors (Lipinski definition) is 4. The smallest absolute Gasteiger partial charge is 0.238 e. The summed E-state index contributed by atoms with van der Waals surface area (Å²) in [4.78, 5) is 6.13. The second kappa shape index (κ2) is 7.43. The van der Waals surface area contributed by atoms with Crippen molar-refractivity contribution in [1.82, 2.24) is 9.38 Å². The predicted molar refractivity (Wildman–Crippen MR) is 101 cm³/mol. The number of nitrogens with zero attached hydrogens (tertiary/aromatic N) is 3. The quantitative estimate of drug-likeness (QED) is 0.681. The van der Waals surface area contributed by atoms with Crippen LogP contribution in [0, 0.1) is 0 Å². The predicted octanol–water partition coefficient (Wildman–Crippen LogP) is 3.87. The number of halogens is 1. The Balaban J connectivity index is 1.93. The molecule has 2 heterocycles. The molecule has 5 nitrogen and oxygen atoms in total. The number of ether oxygens (including phenoxy) is 1. The largest absolute Gasteiger partial charge is 0.351 e. The normalized spacial score (nSPS) is 13.1. The molecule has 138 valence electrons. The van der Waals surface area contributed by atoms with Crippen LogP contribution in [0.3, 0.4) is 0 Å². The fourth-order valence-corrected chi connectivity index (χ4v) is 2.74. The molecule has 0 saturated carbocycles. The number of aliphatic hydroxyl groups excluding tert-OH is 1. The van der Waals surface area contributed by atoms with Crippen LogP contribution in [0.1, 0.15) is 20.8 Å². The molecule has 2 aromatic heterocycles. The first-order chi connectivity index (χ1) is 12.4. The summed E-state index contributed by atoms with van der Waals surface area (Å²) in [6.45, 7) is 4.95. The minimum Gasteiger partial charge on any atom is -0.351 e. The van der Waals surface area contributed by atoms with Gasteiger partial charge in [-0.2, -0.15) is 0 Å². The van der Waals surface area contributed by atoms with E-state index in [0.29, 0.717) is 11.3 Å². The second-order valence-electron chi connectivity index (χ2n) is 7.08. The molecular formula is C20H24FN3O2. The highest BCUT2D eigenvalue weighted by Gasteiger charge is 2.23. The lowest BCUT2D eigenvalue weighted by molar-refractivity contribution is -0.165. The van der Waals surface area contributed by atoms with Crippen molar-refractivity contribution >= 4 is 11.3 Å². The number of aromatic nitrogens is 2. The Morgan fingerprint density at radius 2 is 1.96 bits per heavy atom. The minimum atomic E-state index is -1.24. The molecule has 0 aliphatic carbocycles. The zero-order valence-electron chi connectivity index (χ0n) is 15.3. The molecule has 3 rings (SSSR count). The van der Waals surface area contributed by atoms with Crippen LogP contribution in [0.2, 0.25) is 0 Å². The van der Waals surface area contributed by atoms with Crippen molar-refractivity contribution in [3.8, 4) is 11.3 Å². The summed E-state index contributed by atoms with van der Waals surface area (Å²) >= 11 is 0. The topological polar surface area (TPSA) is 50.0 Å². The zero-order valence-corrected chi connectivity index (χ0v) is 15.3. The maximum Gasteiger partial charge on any atom is 0.238 e. The van der Waals surface area contributed by atoms with E-state index in [1.54, 1.807) is 0 Å². The third-order valence-electron chi connectivity index (χ3n) is 3.90. The van der Waals surface area contributed by atoms with Crippen LogP contribution in [0.25, 0.3) is 16.9 Å². The van der Waals surface area contributed by atoms with Crippen molar-refractivity contribution in [1.29, 1.82) is 0 Å². The number of anilines is 1. The number of hydrogen-bond donors (Lipinski definition) is 1. The van der Waals surface area contributed by atoms with Gasteiger partial charge in [-0.25, -0.2) is 9.37 Å². The molecule has 0 bridgehead atoms. The molecule has 0 spiro atoms. The van der Waals surface area contributed by atoms with Gasteiger partial charge in [-0.3, -0.25) is 0 Å². The lowest BCUT2D eigenvalue weighted by atomic mass is 10.2. The monoisotopic (exact) mass is 357 g/mol. The third kappa shape index (κ3) is 4.20. The molecule has 0 aliphatic rings. The van der Waals surface area contributed by atoms with E-state index in [9.17, 15) is 9.50 Å². The minimum absolute atomic E-state index is 0.0275. The molecule has 1 unspecified atom stereocenters. The standard InChI is InChI=1S/C20H24FN3O2/c1-20(2,3)26-19(25)24(12-10-21)16-9-11-23-14-17(22-18(23)13-16)15-7-5-4-6-8-15/h4-9,11,13-14,19,25H,10,12H2,1-3H3. The number of benzene rings is 1. The van der Waals surface area contributed by atoms with Crippen LogP contribution in [0.5, 0.6) is 0 Å². The Kier molecular flexibility index (Phi) is 5.25. The number of imidazole rings is 1. The Morgan fingerprint density at radius 3 is 2.62 bits per heavy atom. The van der Waals surface area contributed by atoms with E-state index in [-0.39, 0.29) is 6.54 Å². The zero-order chi connectivity index (χ0) is 18.7. The van der Waals surface area contributed by atoms with Gasteiger partial charge < -0.3 is 19.1 Å². The number of aliphatic hydroxyl groups is 1. The molecule has 0 aliphatic heterocycles. The van der Waals surface area contributed by atoms with Crippen molar-refractivity contribution in [3.63, 3.8) is 0 Å². The first-order valence-electron chi connectivity index (χ1n) is 8.60. The van der Waals surface area contributed by atoms with E-state index in [1.165, 1.54) is 4.90 Å². The van der Waals surface area contributed by atoms with Gasteiger partial charge in [0, 0.05) is 29.7 Å². The SMILES string of the molecule is CC(C)(C)OC(O)N(CCF)c1ccn2cc(-c3ccccc3)nc2c1. The Hall–Kier alpha value is -2.44. The van der Waals surface area contributed by atoms with Gasteiger partial charge in [-0.1, -0.05) is 30.3 Å². The van der Waals surface area contributed by atoms with Crippen molar-refractivity contribution < 1.29 is 14.2 Å². The summed E-state index contributed by atoms with van der Waals surface area (Å²) in [5, 5.41) is 10.4. The van der Waals surface area contributed by atoms with Crippen molar-refractivity contribution in [2.75, 3.05) is 18.1 Å². The van der Waals surface area contributed by atoms with E-state index < -0.39 is 18.7 Å². The Bertz CT molecular complexity index is 858. The van der Waals surface area contributed by atoms with Crippen molar-refractivity contribution in [2.24, 2.45) is 0 Å². The molecular weight excluding hydrogens is 333 g/mol. The van der Waals surface area contributed by atoms with Crippen LogP contribution in [0.15, 0.2) is 54.9 Å². The van der Waals surface area contributed by atoms with Crippen molar-refractivity contribution in [2.45, 2.75) is 32.8 Å². The number of pyridine rings is 1. The molecule has 0 radical (unpaired) electrons. The fourth-order valence-electron chi connectivity index (χ4n) is 2.74. The second-order valence-corrected chi connectivity index (χ2v) is 7.08. The van der Waals surface area contributed by atoms with Gasteiger partial charge in [-0.15, -0.1) is 0 Å². The van der Waals surface area contributed by atoms with Gasteiger partial charge in [0.05, 0.1) is 17.8 Å². The summed E-state index contributed by atoms with van der Waals surface area (Å²) in [5.41, 5.74) is 2.69. The first kappa shape index (κ1) is 18.4. The lowest BCUT2D eigenvalue weighted by Crippen LogP contribution is -2.43. The third-order valence-corrected chi connectivity index (χ3v) is 3.90. The van der Waals surface area contributed by atoms with Crippen LogP contribution in [0.4, 0.5) is 10.1 Å². The summed E-state index contributed by atoms with van der Waals surface area (Å²) < 4.78 is 20.5. The Labute approximate surface area is 152 Å². The average Bonchev–Trinajstić information content (AvgIpc) is 3.02. The highest BCUT2D eigenvalue weighted by molar-refractivity contribution is 5.65. The van der Waals surface area contributed by atoms with Gasteiger partial charge in [-0.05, 0) is 26.8 Å². The molecule has 1 N–H and O–H groups in total. The van der Waals surface area contributed by atoms with E-state index in [0.717, 1.165) is 11.3 Å². The molecule has 1 atom stereocenters. The summed E-state index contributed by atoms with van der Waals surface area (Å²) in [6.07, 6.45) is 2.55. The highest BCUT2D eigenvalue weighted by Crippen LogP contribution is 2.24. The van der Waals surface area contributed by atoms with Gasteiger partial charge >= 0.3 is 0 Å². The maximum absolute atomic E-state index is 13.0. The molecule has 26 heavy (non-hydrogen) atoms. The molecule has 0 amide bonds. The van der Waals surface area contributed by atoms with E-state index in [2.05, 4.69) is 4.98 Å². The van der Waals surface area contributed by atoms with E-state index in [1.807, 2.05) is 80.0 Å². The fraction of sp³-hybridized carbons (Fsp3) is 0.350. The molecule has 1 aromatic carbocycles. The molecule has 3 aromatic rings. The average molecular weight is 357 g/mol. The van der Waals surface area contributed by atoms with Crippen molar-refractivity contribution in [3.05, 3.63) is 54.9 Å². The number of alkyl halides is 1. The van der Waals surface area contributed by atoms with Gasteiger partial charge in [0.1, 0.15) is 12.3 Å². The number of rotatable bonds is 6. The first-order valence-corrected chi connectivity index (χ1v) is 8.60. The summed E-state index contributed by atoms with van der Waals surface area (Å²) in [7, 11) is 0. The summed E-state index contributed by atoms with van der Waals surface area (Å²) in [5.74, 6) is 0. The van der Waals surface area contributed by atoms with Gasteiger partial charge in [0.2, 0.25) is 6.41 Å². The van der Waals surface area contributed by atoms with Crippen LogP contribution < -0.4 is 4.90 Å². The van der Waals surface area contributed by atoms with Gasteiger partial charge in [0.15, 0.2) is 0 Å². The lowest BCUT2D eigenvalue weighted by Gasteiger charge is -2.33. The highest BCUT2D eigenvalue weighted by atomic mass is 19.1. The molecule has 6 heteroatoms. The number of fused-ring (bicyclic) bond motifs is 1. The molecule has 0 saturated heterocycles. The summed E-state index contributed by atoms with van der Waals surface area (Å²) in [6, 6.07) is 13.5. The van der Waals surface area contributed by atoms with Crippen LogP contribution >= 0.6 is 0 Å². The van der Waals surface area contributed by atoms with Crippen LogP contribution in [-0.2, 0) is 4.74 Å². The Morgan fingerprint density at radius 1 is 1.23 bits per heavy atom. The van der Waals surface area contributed by atoms with E-state index in [4.69, 9.17) is 4.74 Å². The maximum atomic E-state index is 13.0. The van der Waals surface area contributed by atoms with Crippen LogP contribution in [-0.4, -0.2) is 39.7 Å².